The summed E-state index contributed by atoms with van der Waals surface area (Å²) >= 11 is 6.04. The van der Waals surface area contributed by atoms with E-state index in [9.17, 15) is 9.59 Å². The molecule has 2 rings (SSSR count). The molecule has 6 heteroatoms. The topological polar surface area (TPSA) is 58.6 Å². The number of ether oxygens (including phenoxy) is 1. The highest BCUT2D eigenvalue weighted by Gasteiger charge is 2.27. The molecule has 0 saturated heterocycles. The van der Waals surface area contributed by atoms with Gasteiger partial charge in [-0.1, -0.05) is 35.9 Å². The Morgan fingerprint density at radius 3 is 2.38 bits per heavy atom. The van der Waals surface area contributed by atoms with E-state index in [2.05, 4.69) is 5.32 Å². The first-order valence-electron chi connectivity index (χ1n) is 9.72. The van der Waals surface area contributed by atoms with Gasteiger partial charge in [-0.2, -0.15) is 0 Å². The predicted octanol–water partition coefficient (Wildman–Crippen LogP) is 4.28. The molecule has 0 aliphatic carbocycles. The summed E-state index contributed by atoms with van der Waals surface area (Å²) in [6, 6.07) is 12.5. The molecule has 0 fully saturated rings. The van der Waals surface area contributed by atoms with Crippen molar-refractivity contribution in [3.8, 4) is 5.75 Å². The molecule has 1 N–H and O–H groups in total. The normalized spacial score (nSPS) is 11.8. The van der Waals surface area contributed by atoms with Crippen LogP contribution in [0.5, 0.6) is 5.75 Å². The lowest BCUT2D eigenvalue weighted by atomic mass is 10.1. The molecule has 2 amide bonds. The van der Waals surface area contributed by atoms with Crippen molar-refractivity contribution < 1.29 is 14.3 Å². The third kappa shape index (κ3) is 6.50. The Morgan fingerprint density at radius 2 is 1.76 bits per heavy atom. The van der Waals surface area contributed by atoms with Crippen LogP contribution in [0.2, 0.25) is 5.02 Å². The van der Waals surface area contributed by atoms with E-state index in [4.69, 9.17) is 16.3 Å². The number of rotatable bonds is 8. The zero-order valence-electron chi connectivity index (χ0n) is 17.7. The molecule has 0 saturated carbocycles. The number of amides is 2. The first kappa shape index (κ1) is 22.8. The quantitative estimate of drug-likeness (QED) is 0.698. The van der Waals surface area contributed by atoms with Gasteiger partial charge in [0.1, 0.15) is 11.8 Å². The van der Waals surface area contributed by atoms with Crippen molar-refractivity contribution in [3.05, 3.63) is 64.2 Å². The number of carbonyl (C=O) groups excluding carboxylic acids is 2. The van der Waals surface area contributed by atoms with Gasteiger partial charge in [0.2, 0.25) is 5.91 Å². The molecule has 2 aromatic rings. The summed E-state index contributed by atoms with van der Waals surface area (Å²) in [5, 5.41) is 3.52. The standard InChI is InChI=1S/C23H29ClN2O3/c1-15(2)25-23(28)18(5)26(13-19-9-7-6-8-16(19)3)22(27)14-29-20-10-11-21(24)17(4)12-20/h6-12,15,18H,13-14H2,1-5H3,(H,25,28)/t18-/m1/s1. The lowest BCUT2D eigenvalue weighted by Crippen LogP contribution is -2.50. The molecule has 0 aliphatic rings. The second-order valence-electron chi connectivity index (χ2n) is 7.49. The third-order valence-electron chi connectivity index (χ3n) is 4.69. The maximum atomic E-state index is 13.0. The fraction of sp³-hybridized carbons (Fsp3) is 0.391. The smallest absolute Gasteiger partial charge is 0.261 e. The van der Waals surface area contributed by atoms with Gasteiger partial charge in [0.25, 0.3) is 5.91 Å². The maximum Gasteiger partial charge on any atom is 0.261 e. The van der Waals surface area contributed by atoms with Crippen LogP contribution in [-0.4, -0.2) is 35.4 Å². The lowest BCUT2D eigenvalue weighted by Gasteiger charge is -2.29. The van der Waals surface area contributed by atoms with Gasteiger partial charge in [-0.25, -0.2) is 0 Å². The maximum absolute atomic E-state index is 13.0. The fourth-order valence-electron chi connectivity index (χ4n) is 2.89. The summed E-state index contributed by atoms with van der Waals surface area (Å²) < 4.78 is 5.68. The Balaban J connectivity index is 2.18. The van der Waals surface area contributed by atoms with Gasteiger partial charge in [0, 0.05) is 17.6 Å². The van der Waals surface area contributed by atoms with Crippen LogP contribution < -0.4 is 10.1 Å². The molecule has 156 valence electrons. The van der Waals surface area contributed by atoms with Crippen molar-refractivity contribution >= 4 is 23.4 Å². The molecule has 0 spiro atoms. The minimum absolute atomic E-state index is 0.00587. The van der Waals surface area contributed by atoms with Gasteiger partial charge in [0.05, 0.1) is 0 Å². The highest BCUT2D eigenvalue weighted by molar-refractivity contribution is 6.31. The second-order valence-corrected chi connectivity index (χ2v) is 7.89. The van der Waals surface area contributed by atoms with Gasteiger partial charge < -0.3 is 15.0 Å². The van der Waals surface area contributed by atoms with Crippen LogP contribution in [0.15, 0.2) is 42.5 Å². The van der Waals surface area contributed by atoms with E-state index in [1.165, 1.54) is 0 Å². The number of hydrogen-bond donors (Lipinski definition) is 1. The molecule has 0 radical (unpaired) electrons. The van der Waals surface area contributed by atoms with Gasteiger partial charge >= 0.3 is 0 Å². The molecule has 0 aliphatic heterocycles. The molecular weight excluding hydrogens is 388 g/mol. The van der Waals surface area contributed by atoms with E-state index in [1.54, 1.807) is 30.0 Å². The molecule has 29 heavy (non-hydrogen) atoms. The number of nitrogens with one attached hydrogen (secondary N) is 1. The first-order valence-corrected chi connectivity index (χ1v) is 10.1. The highest BCUT2D eigenvalue weighted by Crippen LogP contribution is 2.21. The number of benzene rings is 2. The van der Waals surface area contributed by atoms with Crippen molar-refractivity contribution in [1.29, 1.82) is 0 Å². The molecule has 0 unspecified atom stereocenters. The second kappa shape index (κ2) is 10.3. The van der Waals surface area contributed by atoms with Crippen LogP contribution in [0.25, 0.3) is 0 Å². The van der Waals surface area contributed by atoms with Crippen molar-refractivity contribution in [2.45, 2.75) is 53.2 Å². The van der Waals surface area contributed by atoms with Crippen molar-refractivity contribution in [2.24, 2.45) is 0 Å². The highest BCUT2D eigenvalue weighted by atomic mass is 35.5. The first-order chi connectivity index (χ1) is 13.7. The van der Waals surface area contributed by atoms with Crippen LogP contribution in [0.4, 0.5) is 0 Å². The zero-order chi connectivity index (χ0) is 21.6. The van der Waals surface area contributed by atoms with Gasteiger partial charge in [-0.3, -0.25) is 9.59 Å². The van der Waals surface area contributed by atoms with Crippen LogP contribution >= 0.6 is 11.6 Å². The summed E-state index contributed by atoms with van der Waals surface area (Å²) in [5.41, 5.74) is 2.93. The largest absolute Gasteiger partial charge is 0.484 e. The summed E-state index contributed by atoms with van der Waals surface area (Å²) in [6.07, 6.45) is 0. The summed E-state index contributed by atoms with van der Waals surface area (Å²) in [4.78, 5) is 27.1. The lowest BCUT2D eigenvalue weighted by molar-refractivity contribution is -0.142. The Hall–Kier alpha value is -2.53. The number of nitrogens with zero attached hydrogens (tertiary/aromatic N) is 1. The Labute approximate surface area is 178 Å². The van der Waals surface area contributed by atoms with Crippen LogP contribution in [-0.2, 0) is 16.1 Å². The van der Waals surface area contributed by atoms with E-state index in [-0.39, 0.29) is 24.5 Å². The van der Waals surface area contributed by atoms with Crippen LogP contribution in [0, 0.1) is 13.8 Å². The number of carbonyl (C=O) groups is 2. The zero-order valence-corrected chi connectivity index (χ0v) is 18.4. The summed E-state index contributed by atoms with van der Waals surface area (Å²) in [7, 11) is 0. The number of aryl methyl sites for hydroxylation is 2. The SMILES string of the molecule is Cc1cc(OCC(=O)N(Cc2ccccc2C)[C@H](C)C(=O)NC(C)C)ccc1Cl. The summed E-state index contributed by atoms with van der Waals surface area (Å²) in [6.45, 7) is 9.56. The van der Waals surface area contributed by atoms with Gasteiger partial charge in [0.15, 0.2) is 6.61 Å². The van der Waals surface area contributed by atoms with Crippen LogP contribution in [0.3, 0.4) is 0 Å². The average molecular weight is 417 g/mol. The van der Waals surface area contributed by atoms with Crippen LogP contribution in [0.1, 0.15) is 37.5 Å². The minimum atomic E-state index is -0.625. The predicted molar refractivity (Wildman–Crippen MR) is 116 cm³/mol. The fourth-order valence-corrected chi connectivity index (χ4v) is 3.01. The monoisotopic (exact) mass is 416 g/mol. The number of hydrogen-bond acceptors (Lipinski definition) is 3. The van der Waals surface area contributed by atoms with E-state index in [0.717, 1.165) is 16.7 Å². The molecule has 1 atom stereocenters. The number of halogens is 1. The average Bonchev–Trinajstić information content (AvgIpc) is 2.67. The molecule has 5 nitrogen and oxygen atoms in total. The van der Waals surface area contributed by atoms with Crippen molar-refractivity contribution in [3.63, 3.8) is 0 Å². The Kier molecular flexibility index (Phi) is 8.09. The Morgan fingerprint density at radius 1 is 1.07 bits per heavy atom. The molecular formula is C23H29ClN2O3. The summed E-state index contributed by atoms with van der Waals surface area (Å²) in [5.74, 6) is 0.118. The van der Waals surface area contributed by atoms with Gasteiger partial charge in [-0.05, 0) is 69.5 Å². The van der Waals surface area contributed by atoms with E-state index in [0.29, 0.717) is 17.3 Å². The van der Waals surface area contributed by atoms with Gasteiger partial charge in [-0.15, -0.1) is 0 Å². The van der Waals surface area contributed by atoms with E-state index >= 15 is 0 Å². The van der Waals surface area contributed by atoms with E-state index in [1.807, 2.05) is 52.0 Å². The molecule has 2 aromatic carbocycles. The molecule has 0 heterocycles. The minimum Gasteiger partial charge on any atom is -0.484 e. The molecule has 0 bridgehead atoms. The molecule has 0 aromatic heterocycles. The van der Waals surface area contributed by atoms with E-state index < -0.39 is 6.04 Å². The Bertz CT molecular complexity index is 867. The van der Waals surface area contributed by atoms with Crippen molar-refractivity contribution in [2.75, 3.05) is 6.61 Å². The van der Waals surface area contributed by atoms with Crippen molar-refractivity contribution in [1.82, 2.24) is 10.2 Å². The third-order valence-corrected chi connectivity index (χ3v) is 5.12.